The monoisotopic (exact) mass is 330 g/mol. The van der Waals surface area contributed by atoms with Crippen molar-refractivity contribution in [3.8, 4) is 0 Å². The maximum absolute atomic E-state index is 12.0. The van der Waals surface area contributed by atoms with Crippen LogP contribution in [0.4, 0.5) is 5.95 Å². The van der Waals surface area contributed by atoms with Crippen molar-refractivity contribution < 1.29 is 4.79 Å². The standard InChI is InChI=1S/C19H30N4O/c1-14(21-18(24)12-16-8-9-16)17-13-20-19(22-15(17)2)23-10-6-4-3-5-7-11-23/h13-14,16H,3-12H2,1-2H3,(H,21,24)/t14-/m1/s1. The number of rotatable bonds is 5. The van der Waals surface area contributed by atoms with Crippen molar-refractivity contribution in [3.05, 3.63) is 17.5 Å². The molecule has 1 atom stereocenters. The van der Waals surface area contributed by atoms with Crippen molar-refractivity contribution in [1.82, 2.24) is 15.3 Å². The molecule has 1 aliphatic carbocycles. The highest BCUT2D eigenvalue weighted by Crippen LogP contribution is 2.32. The van der Waals surface area contributed by atoms with E-state index in [4.69, 9.17) is 4.98 Å². The number of carbonyl (C=O) groups is 1. The summed E-state index contributed by atoms with van der Waals surface area (Å²) in [7, 11) is 0. The number of aromatic nitrogens is 2. The van der Waals surface area contributed by atoms with Crippen molar-refractivity contribution in [3.63, 3.8) is 0 Å². The van der Waals surface area contributed by atoms with E-state index in [0.717, 1.165) is 30.3 Å². The Labute approximate surface area is 145 Å². The van der Waals surface area contributed by atoms with Crippen LogP contribution < -0.4 is 10.2 Å². The summed E-state index contributed by atoms with van der Waals surface area (Å²) in [5.74, 6) is 1.61. The van der Waals surface area contributed by atoms with Crippen molar-refractivity contribution in [2.24, 2.45) is 5.92 Å². The molecule has 2 fully saturated rings. The number of nitrogens with zero attached hydrogens (tertiary/aromatic N) is 3. The molecule has 2 heterocycles. The normalized spacial score (nSPS) is 20.2. The molecule has 1 N–H and O–H groups in total. The Kier molecular flexibility index (Phi) is 5.69. The van der Waals surface area contributed by atoms with E-state index in [1.165, 1.54) is 44.9 Å². The molecule has 0 spiro atoms. The van der Waals surface area contributed by atoms with Gasteiger partial charge in [-0.05, 0) is 45.4 Å². The van der Waals surface area contributed by atoms with Crippen LogP contribution in [0.5, 0.6) is 0 Å². The average molecular weight is 330 g/mol. The summed E-state index contributed by atoms with van der Waals surface area (Å²) in [5, 5.41) is 3.09. The van der Waals surface area contributed by atoms with Gasteiger partial charge in [-0.2, -0.15) is 0 Å². The topological polar surface area (TPSA) is 58.1 Å². The SMILES string of the molecule is Cc1nc(N2CCCCCCC2)ncc1[C@@H](C)NC(=O)CC1CC1. The number of carbonyl (C=O) groups excluding carboxylic acids is 1. The molecule has 2 aliphatic rings. The molecule has 0 unspecified atom stereocenters. The molecule has 24 heavy (non-hydrogen) atoms. The van der Waals surface area contributed by atoms with Crippen LogP contribution in [-0.4, -0.2) is 29.0 Å². The highest BCUT2D eigenvalue weighted by Gasteiger charge is 2.25. The molecule has 5 nitrogen and oxygen atoms in total. The molecule has 0 radical (unpaired) electrons. The second-order valence-electron chi connectivity index (χ2n) is 7.40. The lowest BCUT2D eigenvalue weighted by Crippen LogP contribution is -2.30. The molecule has 3 rings (SSSR count). The lowest BCUT2D eigenvalue weighted by molar-refractivity contribution is -0.122. The van der Waals surface area contributed by atoms with Gasteiger partial charge < -0.3 is 10.2 Å². The van der Waals surface area contributed by atoms with Crippen LogP contribution in [0.1, 0.15) is 75.6 Å². The van der Waals surface area contributed by atoms with E-state index in [1.807, 2.05) is 20.0 Å². The molecule has 0 aromatic carbocycles. The quantitative estimate of drug-likeness (QED) is 0.897. The van der Waals surface area contributed by atoms with Crippen LogP contribution in [0.3, 0.4) is 0 Å². The summed E-state index contributed by atoms with van der Waals surface area (Å²) in [6.45, 7) is 6.14. The Morgan fingerprint density at radius 3 is 2.54 bits per heavy atom. The minimum atomic E-state index is -0.0300. The van der Waals surface area contributed by atoms with Crippen LogP contribution in [0, 0.1) is 12.8 Å². The van der Waals surface area contributed by atoms with Gasteiger partial charge in [-0.3, -0.25) is 4.79 Å². The number of hydrogen-bond donors (Lipinski definition) is 1. The zero-order valence-electron chi connectivity index (χ0n) is 15.1. The molecule has 5 heteroatoms. The smallest absolute Gasteiger partial charge is 0.225 e. The van der Waals surface area contributed by atoms with Gasteiger partial charge in [0.15, 0.2) is 0 Å². The number of hydrogen-bond acceptors (Lipinski definition) is 4. The van der Waals surface area contributed by atoms with E-state index in [-0.39, 0.29) is 11.9 Å². The van der Waals surface area contributed by atoms with Crippen LogP contribution in [0.15, 0.2) is 6.20 Å². The number of amides is 1. The molecule has 132 valence electrons. The summed E-state index contributed by atoms with van der Waals surface area (Å²) in [4.78, 5) is 23.7. The maximum Gasteiger partial charge on any atom is 0.225 e. The van der Waals surface area contributed by atoms with Crippen LogP contribution in [0.25, 0.3) is 0 Å². The van der Waals surface area contributed by atoms with Crippen molar-refractivity contribution in [1.29, 1.82) is 0 Å². The predicted octanol–water partition coefficient (Wildman–Crippen LogP) is 3.53. The van der Waals surface area contributed by atoms with Crippen molar-refractivity contribution >= 4 is 11.9 Å². The summed E-state index contributed by atoms with van der Waals surface area (Å²) >= 11 is 0. The Hall–Kier alpha value is -1.65. The van der Waals surface area contributed by atoms with Gasteiger partial charge in [-0.25, -0.2) is 9.97 Å². The molecule has 1 aliphatic heterocycles. The molecule has 1 aromatic heterocycles. The third-order valence-electron chi connectivity index (χ3n) is 5.16. The first-order chi connectivity index (χ1) is 11.6. The fourth-order valence-corrected chi connectivity index (χ4v) is 3.45. The predicted molar refractivity (Wildman–Crippen MR) is 96.0 cm³/mol. The Bertz CT molecular complexity index is 562. The molecule has 1 aromatic rings. The average Bonchev–Trinajstić information content (AvgIpc) is 3.30. The fraction of sp³-hybridized carbons (Fsp3) is 0.737. The highest BCUT2D eigenvalue weighted by atomic mass is 16.1. The lowest BCUT2D eigenvalue weighted by atomic mass is 10.1. The summed E-state index contributed by atoms with van der Waals surface area (Å²) in [5.41, 5.74) is 2.00. The van der Waals surface area contributed by atoms with E-state index in [0.29, 0.717) is 12.3 Å². The van der Waals surface area contributed by atoms with Gasteiger partial charge in [0.25, 0.3) is 0 Å². The minimum absolute atomic E-state index is 0.0300. The van der Waals surface area contributed by atoms with Crippen molar-refractivity contribution in [2.45, 2.75) is 71.3 Å². The van der Waals surface area contributed by atoms with Gasteiger partial charge in [0, 0.05) is 37.0 Å². The molecule has 1 saturated heterocycles. The van der Waals surface area contributed by atoms with E-state index >= 15 is 0 Å². The minimum Gasteiger partial charge on any atom is -0.349 e. The van der Waals surface area contributed by atoms with Crippen LogP contribution in [0.2, 0.25) is 0 Å². The van der Waals surface area contributed by atoms with E-state index in [9.17, 15) is 4.79 Å². The second-order valence-corrected chi connectivity index (χ2v) is 7.40. The summed E-state index contributed by atoms with van der Waals surface area (Å²) in [6, 6.07) is -0.0300. The Morgan fingerprint density at radius 2 is 1.92 bits per heavy atom. The van der Waals surface area contributed by atoms with E-state index < -0.39 is 0 Å². The third kappa shape index (κ3) is 4.68. The first-order valence-electron chi connectivity index (χ1n) is 9.51. The Balaban J connectivity index is 1.63. The van der Waals surface area contributed by atoms with Gasteiger partial charge in [0.05, 0.1) is 6.04 Å². The lowest BCUT2D eigenvalue weighted by Gasteiger charge is -2.25. The zero-order chi connectivity index (χ0) is 16.9. The largest absolute Gasteiger partial charge is 0.349 e. The highest BCUT2D eigenvalue weighted by molar-refractivity contribution is 5.77. The molecule has 1 amide bonds. The zero-order valence-corrected chi connectivity index (χ0v) is 15.1. The number of nitrogens with one attached hydrogen (secondary N) is 1. The molecular formula is C19H30N4O. The molecule has 0 bridgehead atoms. The van der Waals surface area contributed by atoms with Gasteiger partial charge in [0.2, 0.25) is 11.9 Å². The van der Waals surface area contributed by atoms with Crippen molar-refractivity contribution in [2.75, 3.05) is 18.0 Å². The number of anilines is 1. The number of aryl methyl sites for hydroxylation is 1. The molecular weight excluding hydrogens is 300 g/mol. The first kappa shape index (κ1) is 17.2. The summed E-state index contributed by atoms with van der Waals surface area (Å²) < 4.78 is 0. The maximum atomic E-state index is 12.0. The van der Waals surface area contributed by atoms with Gasteiger partial charge in [0.1, 0.15) is 0 Å². The van der Waals surface area contributed by atoms with Gasteiger partial charge in [-0.15, -0.1) is 0 Å². The summed E-state index contributed by atoms with van der Waals surface area (Å²) in [6.07, 6.45) is 11.4. The van der Waals surface area contributed by atoms with E-state index in [2.05, 4.69) is 15.2 Å². The van der Waals surface area contributed by atoms with E-state index in [1.54, 1.807) is 0 Å². The van der Waals surface area contributed by atoms with Crippen LogP contribution in [-0.2, 0) is 4.79 Å². The van der Waals surface area contributed by atoms with Gasteiger partial charge in [-0.1, -0.05) is 19.3 Å². The third-order valence-corrected chi connectivity index (χ3v) is 5.16. The first-order valence-corrected chi connectivity index (χ1v) is 9.51. The second kappa shape index (κ2) is 7.95. The fourth-order valence-electron chi connectivity index (χ4n) is 3.45. The molecule has 1 saturated carbocycles. The Morgan fingerprint density at radius 1 is 1.25 bits per heavy atom. The van der Waals surface area contributed by atoms with Crippen LogP contribution >= 0.6 is 0 Å². The van der Waals surface area contributed by atoms with Gasteiger partial charge >= 0.3 is 0 Å².